The van der Waals surface area contributed by atoms with E-state index in [9.17, 15) is 4.79 Å². The van der Waals surface area contributed by atoms with Gasteiger partial charge in [-0.25, -0.2) is 0 Å². The van der Waals surface area contributed by atoms with Crippen molar-refractivity contribution in [3.05, 3.63) is 102 Å². The van der Waals surface area contributed by atoms with Gasteiger partial charge < -0.3 is 9.80 Å². The van der Waals surface area contributed by atoms with Crippen molar-refractivity contribution in [2.24, 2.45) is 0 Å². The molecule has 1 amide bonds. The number of amides is 1. The fraction of sp³-hybridized carbons (Fsp3) is 0.321. The summed E-state index contributed by atoms with van der Waals surface area (Å²) in [6, 6.07) is 30.2. The Morgan fingerprint density at radius 3 is 1.71 bits per heavy atom. The number of anilines is 1. The number of rotatable bonds is 8. The van der Waals surface area contributed by atoms with E-state index < -0.39 is 0 Å². The molecule has 4 rings (SSSR count). The van der Waals surface area contributed by atoms with Crippen molar-refractivity contribution in [1.82, 2.24) is 4.90 Å². The summed E-state index contributed by atoms with van der Waals surface area (Å²) in [6.07, 6.45) is 4.01. The normalized spacial score (nSPS) is 14.5. The van der Waals surface area contributed by atoms with Gasteiger partial charge in [0.05, 0.1) is 0 Å². The highest BCUT2D eigenvalue weighted by molar-refractivity contribution is 5.77. The second kappa shape index (κ2) is 9.38. The molecule has 3 heteroatoms. The molecular formula is C28H32N2O. The SMILES string of the molecule is CN(C)C(=O)CC1(c2ccc(N(Cc3ccccc3)Cc3ccccc3)cc2)CCC1. The highest BCUT2D eigenvalue weighted by Crippen LogP contribution is 2.47. The molecule has 0 aliphatic heterocycles. The van der Waals surface area contributed by atoms with Gasteiger partial charge in [0.15, 0.2) is 0 Å². The minimum absolute atomic E-state index is 0.0174. The van der Waals surface area contributed by atoms with E-state index in [-0.39, 0.29) is 11.3 Å². The molecule has 0 unspecified atom stereocenters. The van der Waals surface area contributed by atoms with Gasteiger partial charge in [0.2, 0.25) is 5.91 Å². The summed E-state index contributed by atoms with van der Waals surface area (Å²) in [6.45, 7) is 1.72. The first-order valence-electron chi connectivity index (χ1n) is 11.2. The molecule has 0 N–H and O–H groups in total. The van der Waals surface area contributed by atoms with Gasteiger partial charge in [-0.1, -0.05) is 79.2 Å². The maximum Gasteiger partial charge on any atom is 0.222 e. The molecule has 160 valence electrons. The first kappa shape index (κ1) is 21.2. The lowest BCUT2D eigenvalue weighted by Gasteiger charge is -2.43. The zero-order valence-electron chi connectivity index (χ0n) is 18.6. The molecule has 31 heavy (non-hydrogen) atoms. The number of hydrogen-bond donors (Lipinski definition) is 0. The Morgan fingerprint density at radius 2 is 1.29 bits per heavy atom. The van der Waals surface area contributed by atoms with Gasteiger partial charge >= 0.3 is 0 Å². The third-order valence-electron chi connectivity index (χ3n) is 6.58. The predicted molar refractivity (Wildman–Crippen MR) is 128 cm³/mol. The molecule has 0 spiro atoms. The number of benzene rings is 3. The Morgan fingerprint density at radius 1 is 0.774 bits per heavy atom. The highest BCUT2D eigenvalue weighted by Gasteiger charge is 2.40. The lowest BCUT2D eigenvalue weighted by Crippen LogP contribution is -2.39. The zero-order chi connectivity index (χ0) is 21.7. The maximum absolute atomic E-state index is 12.4. The van der Waals surface area contributed by atoms with E-state index in [1.165, 1.54) is 28.8 Å². The van der Waals surface area contributed by atoms with Crippen LogP contribution >= 0.6 is 0 Å². The van der Waals surface area contributed by atoms with E-state index >= 15 is 0 Å². The van der Waals surface area contributed by atoms with Crippen molar-refractivity contribution in [3.63, 3.8) is 0 Å². The average molecular weight is 413 g/mol. The van der Waals surface area contributed by atoms with Gasteiger partial charge in [-0.2, -0.15) is 0 Å². The van der Waals surface area contributed by atoms with Crippen LogP contribution in [0.3, 0.4) is 0 Å². The summed E-state index contributed by atoms with van der Waals surface area (Å²) < 4.78 is 0. The molecule has 0 saturated heterocycles. The second-order valence-corrected chi connectivity index (χ2v) is 8.97. The van der Waals surface area contributed by atoms with Gasteiger partial charge in [0.25, 0.3) is 0 Å². The standard InChI is InChI=1S/C28H32N2O/c1-29(2)27(31)20-28(18-9-19-28)25-14-16-26(17-15-25)30(21-23-10-5-3-6-11-23)22-24-12-7-4-8-13-24/h3-8,10-17H,9,18-22H2,1-2H3. The summed E-state index contributed by atoms with van der Waals surface area (Å²) in [5, 5.41) is 0. The monoisotopic (exact) mass is 412 g/mol. The first-order chi connectivity index (χ1) is 15.1. The van der Waals surface area contributed by atoms with Crippen LogP contribution in [0.5, 0.6) is 0 Å². The highest BCUT2D eigenvalue weighted by atomic mass is 16.2. The van der Waals surface area contributed by atoms with Gasteiger partial charge in [-0.15, -0.1) is 0 Å². The molecule has 0 radical (unpaired) electrons. The van der Waals surface area contributed by atoms with Gasteiger partial charge in [0, 0.05) is 44.7 Å². The molecule has 0 atom stereocenters. The molecule has 3 nitrogen and oxygen atoms in total. The van der Waals surface area contributed by atoms with Gasteiger partial charge in [-0.05, 0) is 41.7 Å². The van der Waals surface area contributed by atoms with Gasteiger partial charge in [-0.3, -0.25) is 4.79 Å². The summed E-state index contributed by atoms with van der Waals surface area (Å²) in [5.74, 6) is 0.221. The van der Waals surface area contributed by atoms with Crippen LogP contribution in [0.2, 0.25) is 0 Å². The topological polar surface area (TPSA) is 23.6 Å². The number of carbonyl (C=O) groups excluding carboxylic acids is 1. The lowest BCUT2D eigenvalue weighted by atomic mass is 9.62. The first-order valence-corrected chi connectivity index (χ1v) is 11.2. The Bertz CT molecular complexity index is 935. The summed E-state index contributed by atoms with van der Waals surface area (Å²) in [7, 11) is 3.70. The molecule has 3 aromatic rings. The molecule has 0 bridgehead atoms. The third-order valence-corrected chi connectivity index (χ3v) is 6.58. The predicted octanol–water partition coefficient (Wildman–Crippen LogP) is 5.79. The minimum atomic E-state index is 0.0174. The van der Waals surface area contributed by atoms with Crippen molar-refractivity contribution in [2.45, 2.75) is 44.2 Å². The van der Waals surface area contributed by atoms with E-state index in [0.717, 1.165) is 25.9 Å². The summed E-state index contributed by atoms with van der Waals surface area (Å²) in [5.41, 5.74) is 5.13. The quantitative estimate of drug-likeness (QED) is 0.467. The fourth-order valence-corrected chi connectivity index (χ4v) is 4.49. The Kier molecular flexibility index (Phi) is 6.41. The van der Waals surface area contributed by atoms with E-state index in [4.69, 9.17) is 0 Å². The Balaban J connectivity index is 1.57. The van der Waals surface area contributed by atoms with Crippen LogP contribution in [-0.4, -0.2) is 24.9 Å². The van der Waals surface area contributed by atoms with Crippen LogP contribution in [0, 0.1) is 0 Å². The van der Waals surface area contributed by atoms with Crippen molar-refractivity contribution < 1.29 is 4.79 Å². The molecule has 3 aromatic carbocycles. The maximum atomic E-state index is 12.4. The van der Waals surface area contributed by atoms with E-state index in [1.54, 1.807) is 4.90 Å². The van der Waals surface area contributed by atoms with Crippen molar-refractivity contribution >= 4 is 11.6 Å². The molecule has 1 fully saturated rings. The van der Waals surface area contributed by atoms with Crippen LogP contribution in [0.15, 0.2) is 84.9 Å². The van der Waals surface area contributed by atoms with E-state index in [0.29, 0.717) is 6.42 Å². The van der Waals surface area contributed by atoms with Crippen LogP contribution in [0.4, 0.5) is 5.69 Å². The molecule has 0 aromatic heterocycles. The lowest BCUT2D eigenvalue weighted by molar-refractivity contribution is -0.130. The zero-order valence-corrected chi connectivity index (χ0v) is 18.6. The number of carbonyl (C=O) groups is 1. The van der Waals surface area contributed by atoms with E-state index in [2.05, 4.69) is 89.8 Å². The molecule has 1 saturated carbocycles. The van der Waals surface area contributed by atoms with Crippen LogP contribution < -0.4 is 4.90 Å². The molecule has 0 heterocycles. The van der Waals surface area contributed by atoms with Crippen LogP contribution in [0.1, 0.15) is 42.4 Å². The number of hydrogen-bond acceptors (Lipinski definition) is 2. The molecule has 1 aliphatic rings. The van der Waals surface area contributed by atoms with E-state index in [1.807, 2.05) is 14.1 Å². The third kappa shape index (κ3) is 4.99. The minimum Gasteiger partial charge on any atom is -0.363 e. The van der Waals surface area contributed by atoms with Crippen molar-refractivity contribution in [1.29, 1.82) is 0 Å². The molecular weight excluding hydrogens is 380 g/mol. The summed E-state index contributed by atoms with van der Waals surface area (Å²) >= 11 is 0. The largest absolute Gasteiger partial charge is 0.363 e. The Hall–Kier alpha value is -3.07. The fourth-order valence-electron chi connectivity index (χ4n) is 4.49. The van der Waals surface area contributed by atoms with Gasteiger partial charge in [0.1, 0.15) is 0 Å². The van der Waals surface area contributed by atoms with Crippen molar-refractivity contribution in [3.8, 4) is 0 Å². The molecule has 1 aliphatic carbocycles. The second-order valence-electron chi connectivity index (χ2n) is 8.97. The smallest absolute Gasteiger partial charge is 0.222 e. The van der Waals surface area contributed by atoms with Crippen LogP contribution in [-0.2, 0) is 23.3 Å². The summed E-state index contributed by atoms with van der Waals surface area (Å²) in [4.78, 5) is 16.6. The van der Waals surface area contributed by atoms with Crippen LogP contribution in [0.25, 0.3) is 0 Å². The Labute approximate surface area is 186 Å². The average Bonchev–Trinajstić information content (AvgIpc) is 2.77. The van der Waals surface area contributed by atoms with Crippen molar-refractivity contribution in [2.75, 3.05) is 19.0 Å². The number of nitrogens with zero attached hydrogens (tertiary/aromatic N) is 2.